The van der Waals surface area contributed by atoms with Gasteiger partial charge in [-0.05, 0) is 31.2 Å². The van der Waals surface area contributed by atoms with E-state index < -0.39 is 9.84 Å². The lowest BCUT2D eigenvalue weighted by Gasteiger charge is -2.11. The van der Waals surface area contributed by atoms with Gasteiger partial charge in [0.25, 0.3) is 0 Å². The third-order valence-electron chi connectivity index (χ3n) is 3.07. The van der Waals surface area contributed by atoms with Crippen molar-refractivity contribution in [2.75, 3.05) is 12.8 Å². The van der Waals surface area contributed by atoms with Gasteiger partial charge < -0.3 is 10.5 Å². The summed E-state index contributed by atoms with van der Waals surface area (Å²) in [5, 5.41) is 0.163. The molecule has 0 heterocycles. The summed E-state index contributed by atoms with van der Waals surface area (Å²) < 4.78 is 30.3. The minimum Gasteiger partial charge on any atom is -0.496 e. The van der Waals surface area contributed by atoms with Crippen molar-refractivity contribution in [3.63, 3.8) is 0 Å². The number of halogens is 1. The molecular formula is C15H16ClNO3S. The molecule has 0 aliphatic carbocycles. The fourth-order valence-corrected chi connectivity index (χ4v) is 4.00. The number of nitrogen functional groups attached to an aromatic ring is 1. The maximum atomic E-state index is 12.6. The Morgan fingerprint density at radius 3 is 2.57 bits per heavy atom. The number of methoxy groups -OCH3 is 1. The first kappa shape index (κ1) is 15.7. The van der Waals surface area contributed by atoms with Crippen LogP contribution >= 0.6 is 11.6 Å². The van der Waals surface area contributed by atoms with Gasteiger partial charge in [-0.3, -0.25) is 0 Å². The number of sulfone groups is 1. The highest BCUT2D eigenvalue weighted by Gasteiger charge is 2.21. The fraction of sp³-hybridized carbons (Fsp3) is 0.200. The minimum atomic E-state index is -3.61. The van der Waals surface area contributed by atoms with Crippen LogP contribution in [0.2, 0.25) is 5.02 Å². The van der Waals surface area contributed by atoms with Crippen LogP contribution in [0.15, 0.2) is 41.3 Å². The smallest absolute Gasteiger partial charge is 0.184 e. The molecule has 0 atom stereocenters. The normalized spacial score (nSPS) is 11.4. The van der Waals surface area contributed by atoms with Crippen molar-refractivity contribution in [2.45, 2.75) is 17.6 Å². The first-order chi connectivity index (χ1) is 9.83. The number of anilines is 1. The number of hydrogen-bond acceptors (Lipinski definition) is 4. The number of hydrogen-bond donors (Lipinski definition) is 1. The average molecular weight is 326 g/mol. The van der Waals surface area contributed by atoms with Crippen molar-refractivity contribution in [1.82, 2.24) is 0 Å². The van der Waals surface area contributed by atoms with Gasteiger partial charge in [-0.1, -0.05) is 29.3 Å². The Bertz CT molecular complexity index is 772. The molecule has 0 aliphatic heterocycles. The summed E-state index contributed by atoms with van der Waals surface area (Å²) in [6, 6.07) is 9.83. The third-order valence-corrected chi connectivity index (χ3v) is 5.21. The van der Waals surface area contributed by atoms with Crippen molar-refractivity contribution < 1.29 is 13.2 Å². The summed E-state index contributed by atoms with van der Waals surface area (Å²) in [6.45, 7) is 1.89. The van der Waals surface area contributed by atoms with Gasteiger partial charge in [0.2, 0.25) is 0 Å². The van der Waals surface area contributed by atoms with Gasteiger partial charge in [0.05, 0.1) is 22.8 Å². The highest BCUT2D eigenvalue weighted by Crippen LogP contribution is 2.29. The largest absolute Gasteiger partial charge is 0.496 e. The van der Waals surface area contributed by atoms with Crippen molar-refractivity contribution in [2.24, 2.45) is 0 Å². The van der Waals surface area contributed by atoms with E-state index in [1.54, 1.807) is 18.2 Å². The molecule has 6 heteroatoms. The lowest BCUT2D eigenvalue weighted by molar-refractivity contribution is 0.411. The van der Waals surface area contributed by atoms with Crippen LogP contribution in [-0.2, 0) is 15.6 Å². The molecule has 21 heavy (non-hydrogen) atoms. The predicted molar refractivity (Wildman–Crippen MR) is 84.5 cm³/mol. The SMILES string of the molecule is COc1ccc(C)cc1CS(=O)(=O)c1cc(N)ccc1Cl. The Hall–Kier alpha value is -1.72. The van der Waals surface area contributed by atoms with Crippen LogP contribution in [0.1, 0.15) is 11.1 Å². The van der Waals surface area contributed by atoms with Gasteiger partial charge >= 0.3 is 0 Å². The van der Waals surface area contributed by atoms with Gasteiger partial charge in [-0.15, -0.1) is 0 Å². The van der Waals surface area contributed by atoms with Crippen molar-refractivity contribution in [3.8, 4) is 5.75 Å². The molecule has 0 aliphatic rings. The summed E-state index contributed by atoms with van der Waals surface area (Å²) in [4.78, 5) is 0.0349. The molecule has 0 amide bonds. The Kier molecular flexibility index (Phi) is 4.44. The standard InChI is InChI=1S/C15H16ClNO3S/c1-10-3-6-14(20-2)11(7-10)9-21(18,19)15-8-12(17)4-5-13(15)16/h3-8H,9,17H2,1-2H3. The van der Waals surface area contributed by atoms with Crippen LogP contribution in [-0.4, -0.2) is 15.5 Å². The predicted octanol–water partition coefficient (Wildman–Crippen LogP) is 3.21. The topological polar surface area (TPSA) is 69.4 Å². The van der Waals surface area contributed by atoms with Gasteiger partial charge in [-0.2, -0.15) is 0 Å². The molecular weight excluding hydrogens is 310 g/mol. The van der Waals surface area contributed by atoms with Crippen molar-refractivity contribution in [1.29, 1.82) is 0 Å². The summed E-state index contributed by atoms with van der Waals surface area (Å²) in [5.41, 5.74) is 7.56. The van der Waals surface area contributed by atoms with Gasteiger partial charge in [0.1, 0.15) is 5.75 Å². The number of rotatable bonds is 4. The van der Waals surface area contributed by atoms with E-state index in [0.29, 0.717) is 17.0 Å². The molecule has 4 nitrogen and oxygen atoms in total. The van der Waals surface area contributed by atoms with E-state index in [2.05, 4.69) is 0 Å². The first-order valence-corrected chi connectivity index (χ1v) is 8.28. The Balaban J connectivity index is 2.47. The molecule has 0 unspecified atom stereocenters. The summed E-state index contributed by atoms with van der Waals surface area (Å²) in [7, 11) is -2.10. The van der Waals surface area contributed by atoms with Crippen molar-refractivity contribution >= 4 is 27.1 Å². The van der Waals surface area contributed by atoms with Crippen LogP contribution in [0.3, 0.4) is 0 Å². The first-order valence-electron chi connectivity index (χ1n) is 6.25. The van der Waals surface area contributed by atoms with Crippen LogP contribution in [0, 0.1) is 6.92 Å². The second-order valence-corrected chi connectivity index (χ2v) is 7.13. The zero-order chi connectivity index (χ0) is 15.6. The highest BCUT2D eigenvalue weighted by atomic mass is 35.5. The molecule has 0 bridgehead atoms. The monoisotopic (exact) mass is 325 g/mol. The second kappa shape index (κ2) is 5.95. The third kappa shape index (κ3) is 3.49. The quantitative estimate of drug-likeness (QED) is 0.876. The van der Waals surface area contributed by atoms with E-state index >= 15 is 0 Å². The van der Waals surface area contributed by atoms with E-state index in [0.717, 1.165) is 5.56 Å². The van der Waals surface area contributed by atoms with Crippen LogP contribution in [0.25, 0.3) is 0 Å². The molecule has 0 radical (unpaired) electrons. The van der Waals surface area contributed by atoms with Crippen LogP contribution in [0.4, 0.5) is 5.69 Å². The summed E-state index contributed by atoms with van der Waals surface area (Å²) in [5.74, 6) is 0.338. The molecule has 0 spiro atoms. The van der Waals surface area contributed by atoms with Gasteiger partial charge in [-0.25, -0.2) is 8.42 Å². The molecule has 0 fully saturated rings. The molecule has 2 aromatic rings. The van der Waals surface area contributed by atoms with Gasteiger partial charge in [0.15, 0.2) is 9.84 Å². The molecule has 0 aromatic heterocycles. The molecule has 0 saturated heterocycles. The molecule has 2 aromatic carbocycles. The van der Waals surface area contributed by atoms with E-state index in [1.165, 1.54) is 19.2 Å². The average Bonchev–Trinajstić information content (AvgIpc) is 2.41. The molecule has 112 valence electrons. The Morgan fingerprint density at radius 1 is 1.19 bits per heavy atom. The van der Waals surface area contributed by atoms with E-state index in [1.807, 2.05) is 13.0 Å². The molecule has 2 N–H and O–H groups in total. The lowest BCUT2D eigenvalue weighted by Crippen LogP contribution is -2.08. The number of benzene rings is 2. The highest BCUT2D eigenvalue weighted by molar-refractivity contribution is 7.90. The van der Waals surface area contributed by atoms with Crippen molar-refractivity contribution in [3.05, 3.63) is 52.5 Å². The Labute approximate surface area is 129 Å². The Morgan fingerprint density at radius 2 is 1.90 bits per heavy atom. The zero-order valence-corrected chi connectivity index (χ0v) is 13.3. The maximum Gasteiger partial charge on any atom is 0.184 e. The van der Waals surface area contributed by atoms with E-state index in [4.69, 9.17) is 22.1 Å². The molecule has 2 rings (SSSR count). The minimum absolute atomic E-state index is 0.0349. The zero-order valence-electron chi connectivity index (χ0n) is 11.8. The summed E-state index contributed by atoms with van der Waals surface area (Å²) in [6.07, 6.45) is 0. The number of ether oxygens (including phenoxy) is 1. The summed E-state index contributed by atoms with van der Waals surface area (Å²) >= 11 is 5.99. The van der Waals surface area contributed by atoms with Gasteiger partial charge in [0, 0.05) is 11.3 Å². The molecule has 0 saturated carbocycles. The maximum absolute atomic E-state index is 12.6. The van der Waals surface area contributed by atoms with Crippen LogP contribution < -0.4 is 10.5 Å². The number of aryl methyl sites for hydroxylation is 1. The van der Waals surface area contributed by atoms with E-state index in [-0.39, 0.29) is 15.7 Å². The lowest BCUT2D eigenvalue weighted by atomic mass is 10.1. The number of nitrogens with two attached hydrogens (primary N) is 1. The fourth-order valence-electron chi connectivity index (χ4n) is 2.06. The second-order valence-electron chi connectivity index (χ2n) is 4.76. The van der Waals surface area contributed by atoms with Crippen LogP contribution in [0.5, 0.6) is 5.75 Å². The van der Waals surface area contributed by atoms with E-state index in [9.17, 15) is 8.42 Å².